The molecular weight excluding hydrogens is 361 g/mol. The first-order valence-corrected chi connectivity index (χ1v) is 9.69. The number of halogens is 1. The van der Waals surface area contributed by atoms with E-state index in [0.717, 1.165) is 5.56 Å². The first kappa shape index (κ1) is 23.8. The molecule has 0 aromatic heterocycles. The number of rotatable bonds is 9. The number of hydrogen-bond donors (Lipinski definition) is 1. The van der Waals surface area contributed by atoms with E-state index in [9.17, 15) is 18.8 Å². The summed E-state index contributed by atoms with van der Waals surface area (Å²) in [6.45, 7) is 10.6. The van der Waals surface area contributed by atoms with E-state index in [4.69, 9.17) is 4.74 Å². The van der Waals surface area contributed by atoms with Crippen LogP contribution in [0.2, 0.25) is 0 Å². The molecule has 5 nitrogen and oxygen atoms in total. The first-order chi connectivity index (χ1) is 12.9. The number of hydrogen-bond acceptors (Lipinski definition) is 4. The summed E-state index contributed by atoms with van der Waals surface area (Å²) in [6.07, 6.45) is 0.650. The van der Waals surface area contributed by atoms with Crippen molar-refractivity contribution in [3.63, 3.8) is 0 Å². The zero-order chi connectivity index (χ0) is 21.5. The van der Waals surface area contributed by atoms with Crippen LogP contribution in [0.3, 0.4) is 0 Å². The Bertz CT molecular complexity index is 709. The third-order valence-corrected chi connectivity index (χ3v) is 4.54. The summed E-state index contributed by atoms with van der Waals surface area (Å²) in [5.74, 6) is -2.14. The van der Waals surface area contributed by atoms with Crippen molar-refractivity contribution in [2.45, 2.75) is 66.4 Å². The van der Waals surface area contributed by atoms with Crippen LogP contribution < -0.4 is 5.32 Å². The number of carbonyl (C=O) groups is 3. The molecule has 0 fully saturated rings. The SMILES string of the molecule is CC[C@H](C)[C@H](CC(=O)Cc1ccc(C)cc1F)C(=O)NCC(=O)OC(C)(C)C. The van der Waals surface area contributed by atoms with E-state index in [-0.39, 0.29) is 37.0 Å². The Hall–Kier alpha value is -2.24. The summed E-state index contributed by atoms with van der Waals surface area (Å²) in [5.41, 5.74) is 0.479. The molecule has 0 radical (unpaired) electrons. The molecule has 1 amide bonds. The van der Waals surface area contributed by atoms with Crippen molar-refractivity contribution < 1.29 is 23.5 Å². The van der Waals surface area contributed by atoms with Crippen LogP contribution in [0, 0.1) is 24.6 Å². The molecule has 0 aliphatic heterocycles. The van der Waals surface area contributed by atoms with Crippen LogP contribution >= 0.6 is 0 Å². The van der Waals surface area contributed by atoms with Crippen LogP contribution in [0.4, 0.5) is 4.39 Å². The van der Waals surface area contributed by atoms with Gasteiger partial charge in [0.25, 0.3) is 0 Å². The van der Waals surface area contributed by atoms with Gasteiger partial charge in [-0.3, -0.25) is 14.4 Å². The molecule has 6 heteroatoms. The van der Waals surface area contributed by atoms with Gasteiger partial charge in [0.2, 0.25) is 5.91 Å². The maximum Gasteiger partial charge on any atom is 0.325 e. The molecule has 0 saturated heterocycles. The average Bonchev–Trinajstić information content (AvgIpc) is 2.58. The largest absolute Gasteiger partial charge is 0.459 e. The maximum absolute atomic E-state index is 14.0. The quantitative estimate of drug-likeness (QED) is 0.649. The molecule has 0 aliphatic rings. The third-order valence-electron chi connectivity index (χ3n) is 4.54. The predicted octanol–water partition coefficient (Wildman–Crippen LogP) is 3.76. The minimum Gasteiger partial charge on any atom is -0.459 e. The Kier molecular flexibility index (Phi) is 8.79. The van der Waals surface area contributed by atoms with Gasteiger partial charge in [0, 0.05) is 18.8 Å². The number of ketones is 1. The number of amides is 1. The van der Waals surface area contributed by atoms with Crippen molar-refractivity contribution in [1.82, 2.24) is 5.32 Å². The molecule has 1 N–H and O–H groups in total. The van der Waals surface area contributed by atoms with Crippen molar-refractivity contribution in [3.05, 3.63) is 35.1 Å². The van der Waals surface area contributed by atoms with Gasteiger partial charge >= 0.3 is 5.97 Å². The fourth-order valence-corrected chi connectivity index (χ4v) is 2.83. The molecule has 0 spiro atoms. The lowest BCUT2D eigenvalue weighted by molar-refractivity contribution is -0.154. The Labute approximate surface area is 167 Å². The predicted molar refractivity (Wildman–Crippen MR) is 106 cm³/mol. The smallest absolute Gasteiger partial charge is 0.325 e. The highest BCUT2D eigenvalue weighted by Crippen LogP contribution is 2.21. The number of ether oxygens (including phenoxy) is 1. The lowest BCUT2D eigenvalue weighted by Crippen LogP contribution is -2.40. The molecule has 28 heavy (non-hydrogen) atoms. The second-order valence-corrected chi connectivity index (χ2v) is 8.31. The minimum atomic E-state index is -0.633. The molecular formula is C22H32FNO4. The lowest BCUT2D eigenvalue weighted by Gasteiger charge is -2.23. The zero-order valence-corrected chi connectivity index (χ0v) is 17.7. The Balaban J connectivity index is 2.72. The minimum absolute atomic E-state index is 0.00246. The number of Topliss-reactive ketones (excluding diaryl/α,β-unsaturated/α-hetero) is 1. The summed E-state index contributed by atoms with van der Waals surface area (Å²) >= 11 is 0. The third kappa shape index (κ3) is 8.19. The van der Waals surface area contributed by atoms with Gasteiger partial charge in [-0.2, -0.15) is 0 Å². The van der Waals surface area contributed by atoms with E-state index in [1.165, 1.54) is 6.07 Å². The lowest BCUT2D eigenvalue weighted by atomic mass is 9.85. The highest BCUT2D eigenvalue weighted by atomic mass is 19.1. The van der Waals surface area contributed by atoms with Crippen LogP contribution in [-0.4, -0.2) is 29.8 Å². The van der Waals surface area contributed by atoms with Crippen LogP contribution in [0.5, 0.6) is 0 Å². The van der Waals surface area contributed by atoms with E-state index in [2.05, 4.69) is 5.32 Å². The van der Waals surface area contributed by atoms with E-state index in [1.807, 2.05) is 13.8 Å². The summed E-state index contributed by atoms with van der Waals surface area (Å²) in [7, 11) is 0. The number of benzene rings is 1. The summed E-state index contributed by atoms with van der Waals surface area (Å²) in [6, 6.07) is 4.75. The van der Waals surface area contributed by atoms with Gasteiger partial charge in [-0.15, -0.1) is 0 Å². The molecule has 1 aromatic carbocycles. The molecule has 2 atom stereocenters. The Morgan fingerprint density at radius 1 is 1.21 bits per heavy atom. The fraction of sp³-hybridized carbons (Fsp3) is 0.591. The fourth-order valence-electron chi connectivity index (χ4n) is 2.83. The van der Waals surface area contributed by atoms with Crippen molar-refractivity contribution in [1.29, 1.82) is 0 Å². The highest BCUT2D eigenvalue weighted by molar-refractivity contribution is 5.89. The van der Waals surface area contributed by atoms with E-state index in [0.29, 0.717) is 12.0 Å². The summed E-state index contributed by atoms with van der Waals surface area (Å²) < 4.78 is 19.2. The topological polar surface area (TPSA) is 72.5 Å². The Morgan fingerprint density at radius 3 is 2.39 bits per heavy atom. The van der Waals surface area contributed by atoms with Crippen molar-refractivity contribution >= 4 is 17.7 Å². The number of nitrogens with one attached hydrogen (secondary N) is 1. The number of esters is 1. The van der Waals surface area contributed by atoms with Crippen molar-refractivity contribution in [2.24, 2.45) is 11.8 Å². The zero-order valence-electron chi connectivity index (χ0n) is 17.7. The molecule has 1 aromatic rings. The van der Waals surface area contributed by atoms with E-state index in [1.54, 1.807) is 39.8 Å². The highest BCUT2D eigenvalue weighted by Gasteiger charge is 2.28. The van der Waals surface area contributed by atoms with Gasteiger partial charge in [0.05, 0.1) is 0 Å². The molecule has 0 bridgehead atoms. The molecule has 0 heterocycles. The van der Waals surface area contributed by atoms with Gasteiger partial charge in [-0.05, 0) is 50.8 Å². The first-order valence-electron chi connectivity index (χ1n) is 9.69. The second kappa shape index (κ2) is 10.3. The number of aryl methyl sites for hydroxylation is 1. The summed E-state index contributed by atoms with van der Waals surface area (Å²) in [5, 5.41) is 2.57. The van der Waals surface area contributed by atoms with Gasteiger partial charge in [-0.25, -0.2) is 4.39 Å². The summed E-state index contributed by atoms with van der Waals surface area (Å²) in [4.78, 5) is 36.8. The van der Waals surface area contributed by atoms with E-state index < -0.39 is 23.3 Å². The molecule has 0 saturated carbocycles. The van der Waals surface area contributed by atoms with Gasteiger partial charge in [0.1, 0.15) is 23.7 Å². The van der Waals surface area contributed by atoms with Gasteiger partial charge in [0.15, 0.2) is 0 Å². The van der Waals surface area contributed by atoms with Crippen LogP contribution in [0.25, 0.3) is 0 Å². The molecule has 0 unspecified atom stereocenters. The maximum atomic E-state index is 14.0. The normalized spacial score (nSPS) is 13.5. The van der Waals surface area contributed by atoms with Crippen molar-refractivity contribution in [2.75, 3.05) is 6.54 Å². The molecule has 0 aliphatic carbocycles. The average molecular weight is 393 g/mol. The monoisotopic (exact) mass is 393 g/mol. The Morgan fingerprint density at radius 2 is 1.86 bits per heavy atom. The van der Waals surface area contributed by atoms with Gasteiger partial charge in [-0.1, -0.05) is 32.4 Å². The van der Waals surface area contributed by atoms with Crippen LogP contribution in [-0.2, 0) is 25.5 Å². The van der Waals surface area contributed by atoms with Gasteiger partial charge < -0.3 is 10.1 Å². The van der Waals surface area contributed by atoms with E-state index >= 15 is 0 Å². The van der Waals surface area contributed by atoms with Crippen molar-refractivity contribution in [3.8, 4) is 0 Å². The standard InChI is InChI=1S/C22H32FNO4/c1-7-15(3)18(21(27)24-13-20(26)28-22(4,5)6)12-17(25)11-16-9-8-14(2)10-19(16)23/h8-10,15,18H,7,11-13H2,1-6H3,(H,24,27)/t15-,18-/m0/s1. The number of carbonyl (C=O) groups excluding carboxylic acids is 3. The molecule has 1 rings (SSSR count). The molecule has 156 valence electrons. The van der Waals surface area contributed by atoms with Crippen LogP contribution in [0.15, 0.2) is 18.2 Å². The van der Waals surface area contributed by atoms with Crippen LogP contribution in [0.1, 0.15) is 58.6 Å². The second-order valence-electron chi connectivity index (χ2n) is 8.31.